The molecule has 1 amide bonds. The predicted molar refractivity (Wildman–Crippen MR) is 70.4 cm³/mol. The third-order valence-electron chi connectivity index (χ3n) is 2.81. The van der Waals surface area contributed by atoms with Gasteiger partial charge in [0.15, 0.2) is 0 Å². The number of hydrogen-bond donors (Lipinski definition) is 2. The fourth-order valence-electron chi connectivity index (χ4n) is 1.90. The summed E-state index contributed by atoms with van der Waals surface area (Å²) in [5, 5.41) is 2.86. The second-order valence-electron chi connectivity index (χ2n) is 4.51. The van der Waals surface area contributed by atoms with Crippen LogP contribution < -0.4 is 11.1 Å². The molecular weight excluding hydrogens is 266 g/mol. The molecule has 0 aliphatic carbocycles. The fourth-order valence-corrected chi connectivity index (χ4v) is 1.90. The number of nitrogens with two attached hydrogens (primary N) is 1. The molecule has 6 heteroatoms. The van der Waals surface area contributed by atoms with Crippen molar-refractivity contribution in [3.05, 3.63) is 53.5 Å². The van der Waals surface area contributed by atoms with Crippen LogP contribution in [0.5, 0.6) is 0 Å². The summed E-state index contributed by atoms with van der Waals surface area (Å²) in [6, 6.07) is 5.11. The van der Waals surface area contributed by atoms with Crippen LogP contribution in [0.25, 0.3) is 0 Å². The van der Waals surface area contributed by atoms with E-state index in [-0.39, 0.29) is 17.3 Å². The molecule has 0 aliphatic heterocycles. The van der Waals surface area contributed by atoms with Crippen molar-refractivity contribution in [3.63, 3.8) is 0 Å². The van der Waals surface area contributed by atoms with Gasteiger partial charge < -0.3 is 15.5 Å². The lowest BCUT2D eigenvalue weighted by Gasteiger charge is -2.15. The lowest BCUT2D eigenvalue weighted by molar-refractivity contribution is 0.0996. The van der Waals surface area contributed by atoms with Gasteiger partial charge in [0.2, 0.25) is 0 Å². The molecule has 1 aromatic heterocycles. The van der Waals surface area contributed by atoms with E-state index in [0.29, 0.717) is 12.5 Å². The number of rotatable bonds is 5. The average Bonchev–Trinajstić information content (AvgIpc) is 2.84. The predicted octanol–water partition coefficient (Wildman–Crippen LogP) is 2.70. The molecule has 3 N–H and O–H groups in total. The van der Waals surface area contributed by atoms with Crippen molar-refractivity contribution in [1.29, 1.82) is 0 Å². The summed E-state index contributed by atoms with van der Waals surface area (Å²) in [7, 11) is 0. The molecular formula is C14H14F2N2O2. The second kappa shape index (κ2) is 5.73. The van der Waals surface area contributed by atoms with Gasteiger partial charge in [-0.25, -0.2) is 8.78 Å². The number of carbonyl (C=O) groups excluding carboxylic acids is 1. The molecule has 1 aromatic carbocycles. The largest absolute Gasteiger partial charge is 0.469 e. The zero-order valence-corrected chi connectivity index (χ0v) is 10.8. The maximum absolute atomic E-state index is 13.7. The van der Waals surface area contributed by atoms with Gasteiger partial charge in [0.05, 0.1) is 17.5 Å². The summed E-state index contributed by atoms with van der Waals surface area (Å²) in [5.74, 6) is -1.95. The summed E-state index contributed by atoms with van der Waals surface area (Å²) in [6.45, 7) is 1.81. The van der Waals surface area contributed by atoms with Crippen molar-refractivity contribution < 1.29 is 18.0 Å². The molecule has 20 heavy (non-hydrogen) atoms. The van der Waals surface area contributed by atoms with E-state index in [1.54, 1.807) is 18.4 Å². The van der Waals surface area contributed by atoms with Crippen molar-refractivity contribution in [2.45, 2.75) is 19.4 Å². The molecule has 0 spiro atoms. The first-order chi connectivity index (χ1) is 9.47. The van der Waals surface area contributed by atoms with Crippen LogP contribution in [0.1, 0.15) is 23.0 Å². The molecule has 0 saturated heterocycles. The number of primary amides is 1. The van der Waals surface area contributed by atoms with Crippen molar-refractivity contribution in [2.24, 2.45) is 5.73 Å². The van der Waals surface area contributed by atoms with Gasteiger partial charge in [0, 0.05) is 18.5 Å². The number of carbonyl (C=O) groups is 1. The van der Waals surface area contributed by atoms with E-state index in [2.05, 4.69) is 5.32 Å². The highest BCUT2D eigenvalue weighted by Crippen LogP contribution is 2.21. The lowest BCUT2D eigenvalue weighted by atomic mass is 10.1. The van der Waals surface area contributed by atoms with Crippen LogP contribution >= 0.6 is 0 Å². The number of nitrogens with one attached hydrogen (secondary N) is 1. The van der Waals surface area contributed by atoms with Crippen LogP contribution in [-0.4, -0.2) is 11.9 Å². The summed E-state index contributed by atoms with van der Waals surface area (Å²) in [4.78, 5) is 11.0. The molecule has 4 nitrogen and oxygen atoms in total. The highest BCUT2D eigenvalue weighted by atomic mass is 19.1. The van der Waals surface area contributed by atoms with Crippen LogP contribution in [0.15, 0.2) is 34.9 Å². The molecule has 1 heterocycles. The lowest BCUT2D eigenvalue weighted by Crippen LogP contribution is -2.20. The van der Waals surface area contributed by atoms with E-state index < -0.39 is 17.5 Å². The Morgan fingerprint density at radius 3 is 2.75 bits per heavy atom. The molecule has 1 unspecified atom stereocenters. The Hall–Kier alpha value is -2.37. The van der Waals surface area contributed by atoms with Crippen LogP contribution in [0.4, 0.5) is 14.5 Å². The van der Waals surface area contributed by atoms with Gasteiger partial charge >= 0.3 is 0 Å². The van der Waals surface area contributed by atoms with E-state index in [1.165, 1.54) is 0 Å². The first-order valence-electron chi connectivity index (χ1n) is 6.05. The Balaban J connectivity index is 2.16. The first-order valence-corrected chi connectivity index (χ1v) is 6.05. The highest BCUT2D eigenvalue weighted by molar-refractivity contribution is 5.94. The molecule has 0 aliphatic rings. The van der Waals surface area contributed by atoms with Gasteiger partial charge in [0.1, 0.15) is 17.4 Å². The van der Waals surface area contributed by atoms with E-state index in [0.717, 1.165) is 11.8 Å². The normalized spacial score (nSPS) is 12.2. The van der Waals surface area contributed by atoms with Gasteiger partial charge in [0.25, 0.3) is 5.91 Å². The maximum atomic E-state index is 13.7. The third kappa shape index (κ3) is 3.14. The number of furan rings is 1. The number of amides is 1. The Morgan fingerprint density at radius 1 is 1.40 bits per heavy atom. The van der Waals surface area contributed by atoms with E-state index in [1.807, 2.05) is 6.92 Å². The number of hydrogen-bond acceptors (Lipinski definition) is 3. The molecule has 0 saturated carbocycles. The van der Waals surface area contributed by atoms with E-state index in [9.17, 15) is 13.6 Å². The van der Waals surface area contributed by atoms with Crippen molar-refractivity contribution >= 4 is 11.6 Å². The van der Waals surface area contributed by atoms with Gasteiger partial charge in [-0.1, -0.05) is 0 Å². The third-order valence-corrected chi connectivity index (χ3v) is 2.81. The topological polar surface area (TPSA) is 68.3 Å². The van der Waals surface area contributed by atoms with Gasteiger partial charge in [-0.2, -0.15) is 0 Å². The summed E-state index contributed by atoms with van der Waals surface area (Å²) >= 11 is 0. The van der Waals surface area contributed by atoms with Gasteiger partial charge in [-0.15, -0.1) is 0 Å². The molecule has 0 radical (unpaired) electrons. The van der Waals surface area contributed by atoms with Crippen LogP contribution in [0, 0.1) is 11.6 Å². The number of halogens is 2. The Bertz CT molecular complexity index is 612. The standard InChI is InChI=1S/C14H14F2N2O2/c1-8(5-9-3-2-4-20-9)18-13-6-10(14(17)19)11(15)7-12(13)16/h2-4,6-8,18H,5H2,1H3,(H2,17,19). The van der Waals surface area contributed by atoms with Gasteiger partial charge in [-0.3, -0.25) is 4.79 Å². The SMILES string of the molecule is CC(Cc1ccco1)Nc1cc(C(N)=O)c(F)cc1F. The Morgan fingerprint density at radius 2 is 2.15 bits per heavy atom. The minimum atomic E-state index is -0.973. The Labute approximate surface area is 114 Å². The van der Waals surface area contributed by atoms with Crippen molar-refractivity contribution in [1.82, 2.24) is 0 Å². The monoisotopic (exact) mass is 280 g/mol. The fraction of sp³-hybridized carbons (Fsp3) is 0.214. The molecule has 106 valence electrons. The quantitative estimate of drug-likeness (QED) is 0.884. The summed E-state index contributed by atoms with van der Waals surface area (Å²) in [5.41, 5.74) is 4.71. The van der Waals surface area contributed by atoms with Crippen LogP contribution in [-0.2, 0) is 6.42 Å². The molecule has 0 fully saturated rings. The zero-order chi connectivity index (χ0) is 14.7. The molecule has 2 rings (SSSR count). The maximum Gasteiger partial charge on any atom is 0.251 e. The van der Waals surface area contributed by atoms with Crippen molar-refractivity contribution in [2.75, 3.05) is 5.32 Å². The average molecular weight is 280 g/mol. The summed E-state index contributed by atoms with van der Waals surface area (Å²) in [6.07, 6.45) is 2.07. The number of anilines is 1. The summed E-state index contributed by atoms with van der Waals surface area (Å²) < 4.78 is 32.2. The Kier molecular flexibility index (Phi) is 4.02. The minimum absolute atomic E-state index is 0.0271. The first kappa shape index (κ1) is 14.0. The highest BCUT2D eigenvalue weighted by Gasteiger charge is 2.15. The molecule has 1 atom stereocenters. The zero-order valence-electron chi connectivity index (χ0n) is 10.8. The van der Waals surface area contributed by atoms with E-state index >= 15 is 0 Å². The van der Waals surface area contributed by atoms with Crippen LogP contribution in [0.2, 0.25) is 0 Å². The second-order valence-corrected chi connectivity index (χ2v) is 4.51. The number of benzene rings is 1. The minimum Gasteiger partial charge on any atom is -0.469 e. The molecule has 0 bridgehead atoms. The van der Waals surface area contributed by atoms with Crippen LogP contribution in [0.3, 0.4) is 0 Å². The van der Waals surface area contributed by atoms with Gasteiger partial charge in [-0.05, 0) is 25.1 Å². The van der Waals surface area contributed by atoms with E-state index in [4.69, 9.17) is 10.2 Å². The smallest absolute Gasteiger partial charge is 0.251 e. The molecule has 2 aromatic rings. The van der Waals surface area contributed by atoms with Crippen molar-refractivity contribution in [3.8, 4) is 0 Å².